The van der Waals surface area contributed by atoms with Crippen LogP contribution in [-0.4, -0.2) is 6.29 Å². The van der Waals surface area contributed by atoms with Crippen LogP contribution in [0.15, 0.2) is 34.8 Å². The fourth-order valence-electron chi connectivity index (χ4n) is 1.45. The minimum atomic E-state index is 0.766. The number of hydrogen-bond donors (Lipinski definition) is 0. The van der Waals surface area contributed by atoms with Crippen molar-refractivity contribution in [1.29, 1.82) is 0 Å². The molecule has 76 valence electrons. The van der Waals surface area contributed by atoms with Gasteiger partial charge in [-0.05, 0) is 42.3 Å². The third kappa shape index (κ3) is 2.36. The van der Waals surface area contributed by atoms with Crippen molar-refractivity contribution in [1.82, 2.24) is 0 Å². The summed E-state index contributed by atoms with van der Waals surface area (Å²) in [6.45, 7) is 2.06. The first-order valence-electron chi connectivity index (χ1n) is 4.51. The summed E-state index contributed by atoms with van der Waals surface area (Å²) >= 11 is 4.98. The van der Waals surface area contributed by atoms with Gasteiger partial charge in [0.15, 0.2) is 6.29 Å². The second-order valence-corrected chi connectivity index (χ2v) is 5.37. The molecule has 0 aliphatic carbocycles. The molecule has 0 aliphatic rings. The molecule has 2 aromatic rings. The highest BCUT2D eigenvalue weighted by molar-refractivity contribution is 9.10. The van der Waals surface area contributed by atoms with Crippen molar-refractivity contribution in [2.24, 2.45) is 0 Å². The van der Waals surface area contributed by atoms with Crippen LogP contribution in [0, 0.1) is 6.92 Å². The predicted octanol–water partition coefficient (Wildman–Crippen LogP) is 4.30. The number of carbonyl (C=O) groups is 1. The quantitative estimate of drug-likeness (QED) is 0.750. The van der Waals surface area contributed by atoms with Crippen molar-refractivity contribution >= 4 is 33.6 Å². The van der Waals surface area contributed by atoms with Gasteiger partial charge in [0.1, 0.15) is 0 Å². The Labute approximate surface area is 101 Å². The van der Waals surface area contributed by atoms with E-state index in [0.29, 0.717) is 0 Å². The first-order chi connectivity index (χ1) is 7.19. The minimum Gasteiger partial charge on any atom is -0.297 e. The number of hydrogen-bond acceptors (Lipinski definition) is 2. The van der Waals surface area contributed by atoms with Gasteiger partial charge in [-0.3, -0.25) is 4.79 Å². The Kier molecular flexibility index (Phi) is 3.03. The Morgan fingerprint density at radius 3 is 2.67 bits per heavy atom. The van der Waals surface area contributed by atoms with Gasteiger partial charge in [0, 0.05) is 9.35 Å². The number of rotatable bonds is 2. The Morgan fingerprint density at radius 2 is 2.07 bits per heavy atom. The third-order valence-electron chi connectivity index (χ3n) is 2.07. The summed E-state index contributed by atoms with van der Waals surface area (Å²) in [7, 11) is 0. The van der Waals surface area contributed by atoms with Gasteiger partial charge in [-0.1, -0.05) is 22.0 Å². The molecule has 0 saturated carbocycles. The fraction of sp³-hybridized carbons (Fsp3) is 0.0833. The summed E-state index contributed by atoms with van der Waals surface area (Å²) in [6.07, 6.45) is 0.888. The maximum atomic E-state index is 10.6. The molecule has 0 bridgehead atoms. The lowest BCUT2D eigenvalue weighted by Gasteiger charge is -2.00. The topological polar surface area (TPSA) is 17.1 Å². The second-order valence-electron chi connectivity index (χ2n) is 3.34. The van der Waals surface area contributed by atoms with E-state index in [4.69, 9.17) is 0 Å². The number of aryl methyl sites for hydroxylation is 1. The molecular weight excluding hydrogens is 272 g/mol. The van der Waals surface area contributed by atoms with Gasteiger partial charge in [0.2, 0.25) is 0 Å². The number of benzene rings is 1. The van der Waals surface area contributed by atoms with E-state index in [-0.39, 0.29) is 0 Å². The third-order valence-corrected chi connectivity index (χ3v) is 3.59. The van der Waals surface area contributed by atoms with E-state index < -0.39 is 0 Å². The minimum absolute atomic E-state index is 0.766. The van der Waals surface area contributed by atoms with Gasteiger partial charge < -0.3 is 0 Å². The Balaban J connectivity index is 2.48. The molecule has 0 aliphatic heterocycles. The maximum Gasteiger partial charge on any atom is 0.160 e. The molecule has 2 rings (SSSR count). The summed E-state index contributed by atoms with van der Waals surface area (Å²) in [5.41, 5.74) is 2.36. The lowest BCUT2D eigenvalue weighted by molar-refractivity contribution is 0.112. The molecular formula is C12H9BrOS. The summed E-state index contributed by atoms with van der Waals surface area (Å²) in [4.78, 5) is 12.5. The highest BCUT2D eigenvalue weighted by Crippen LogP contribution is 2.30. The first kappa shape index (κ1) is 10.6. The lowest BCUT2D eigenvalue weighted by Crippen LogP contribution is -1.76. The van der Waals surface area contributed by atoms with Crippen LogP contribution in [-0.2, 0) is 0 Å². The molecule has 0 unspecified atom stereocenters. The molecule has 1 aromatic carbocycles. The summed E-state index contributed by atoms with van der Waals surface area (Å²) in [5.74, 6) is 0. The largest absolute Gasteiger partial charge is 0.297 e. The van der Waals surface area contributed by atoms with E-state index in [1.165, 1.54) is 16.9 Å². The van der Waals surface area contributed by atoms with Gasteiger partial charge in [-0.2, -0.15) is 0 Å². The SMILES string of the molecule is Cc1cc(Br)cc(-c2ccc(C=O)s2)c1. The van der Waals surface area contributed by atoms with Crippen LogP contribution >= 0.6 is 27.3 Å². The van der Waals surface area contributed by atoms with Crippen molar-refractivity contribution in [3.63, 3.8) is 0 Å². The lowest BCUT2D eigenvalue weighted by atomic mass is 10.1. The van der Waals surface area contributed by atoms with E-state index >= 15 is 0 Å². The van der Waals surface area contributed by atoms with Gasteiger partial charge in [0.25, 0.3) is 0 Å². The molecule has 15 heavy (non-hydrogen) atoms. The van der Waals surface area contributed by atoms with Crippen molar-refractivity contribution in [3.05, 3.63) is 45.2 Å². The van der Waals surface area contributed by atoms with Gasteiger partial charge in [-0.25, -0.2) is 0 Å². The average molecular weight is 281 g/mol. The van der Waals surface area contributed by atoms with Crippen molar-refractivity contribution in [2.45, 2.75) is 6.92 Å². The molecule has 1 aromatic heterocycles. The van der Waals surface area contributed by atoms with E-state index in [2.05, 4.69) is 41.1 Å². The molecule has 0 N–H and O–H groups in total. The molecule has 0 fully saturated rings. The summed E-state index contributed by atoms with van der Waals surface area (Å²) in [5, 5.41) is 0. The number of halogens is 1. The molecule has 0 radical (unpaired) electrons. The summed E-state index contributed by atoms with van der Waals surface area (Å²) in [6, 6.07) is 10.1. The molecule has 0 atom stereocenters. The van der Waals surface area contributed by atoms with Gasteiger partial charge >= 0.3 is 0 Å². The monoisotopic (exact) mass is 280 g/mol. The Bertz CT molecular complexity index is 482. The zero-order valence-corrected chi connectivity index (χ0v) is 10.6. The first-order valence-corrected chi connectivity index (χ1v) is 6.12. The highest BCUT2D eigenvalue weighted by Gasteiger charge is 2.03. The smallest absolute Gasteiger partial charge is 0.160 e. The van der Waals surface area contributed by atoms with E-state index in [0.717, 1.165) is 26.1 Å². The maximum absolute atomic E-state index is 10.6. The molecule has 0 spiro atoms. The van der Waals surface area contributed by atoms with Crippen LogP contribution in [0.2, 0.25) is 0 Å². The van der Waals surface area contributed by atoms with E-state index in [1.807, 2.05) is 12.1 Å². The van der Waals surface area contributed by atoms with Crippen molar-refractivity contribution < 1.29 is 4.79 Å². The zero-order chi connectivity index (χ0) is 10.8. The van der Waals surface area contributed by atoms with Crippen molar-refractivity contribution in [3.8, 4) is 10.4 Å². The number of carbonyl (C=O) groups excluding carboxylic acids is 1. The number of thiophene rings is 1. The Morgan fingerprint density at radius 1 is 1.27 bits per heavy atom. The van der Waals surface area contributed by atoms with Crippen LogP contribution in [0.5, 0.6) is 0 Å². The van der Waals surface area contributed by atoms with Gasteiger partial charge in [0.05, 0.1) is 4.88 Å². The van der Waals surface area contributed by atoms with Crippen LogP contribution in [0.4, 0.5) is 0 Å². The van der Waals surface area contributed by atoms with Crippen LogP contribution < -0.4 is 0 Å². The molecule has 1 nitrogen and oxygen atoms in total. The molecule has 3 heteroatoms. The molecule has 0 saturated heterocycles. The fourth-order valence-corrected chi connectivity index (χ4v) is 2.87. The zero-order valence-electron chi connectivity index (χ0n) is 8.16. The van der Waals surface area contributed by atoms with Crippen molar-refractivity contribution in [2.75, 3.05) is 0 Å². The summed E-state index contributed by atoms with van der Waals surface area (Å²) < 4.78 is 1.07. The standard InChI is InChI=1S/C12H9BrOS/c1-8-4-9(6-10(13)5-8)12-3-2-11(7-14)15-12/h2-7H,1H3. The van der Waals surface area contributed by atoms with Crippen LogP contribution in [0.1, 0.15) is 15.2 Å². The normalized spacial score (nSPS) is 10.3. The Hall–Kier alpha value is -0.930. The number of aldehydes is 1. The molecule has 0 amide bonds. The second kappa shape index (κ2) is 4.29. The predicted molar refractivity (Wildman–Crippen MR) is 67.6 cm³/mol. The highest BCUT2D eigenvalue weighted by atomic mass is 79.9. The van der Waals surface area contributed by atoms with Crippen LogP contribution in [0.25, 0.3) is 10.4 Å². The average Bonchev–Trinajstić information content (AvgIpc) is 2.64. The van der Waals surface area contributed by atoms with Gasteiger partial charge in [-0.15, -0.1) is 11.3 Å². The molecule has 1 heterocycles. The van der Waals surface area contributed by atoms with Crippen LogP contribution in [0.3, 0.4) is 0 Å². The van der Waals surface area contributed by atoms with E-state index in [1.54, 1.807) is 0 Å². The van der Waals surface area contributed by atoms with E-state index in [9.17, 15) is 4.79 Å².